The zero-order valence-electron chi connectivity index (χ0n) is 16.5. The quantitative estimate of drug-likeness (QED) is 0.528. The Balaban J connectivity index is 1.69. The molecule has 0 fully saturated rings. The minimum Gasteiger partial charge on any atom is -0.497 e. The molecule has 0 atom stereocenters. The van der Waals surface area contributed by atoms with E-state index in [1.807, 2.05) is 80.6 Å². The van der Waals surface area contributed by atoms with E-state index in [0.717, 1.165) is 28.4 Å². The van der Waals surface area contributed by atoms with Crippen LogP contribution in [0.3, 0.4) is 0 Å². The van der Waals surface area contributed by atoms with Gasteiger partial charge in [-0.05, 0) is 55.5 Å². The van der Waals surface area contributed by atoms with Crippen LogP contribution in [0.2, 0.25) is 0 Å². The largest absolute Gasteiger partial charge is 0.497 e. The zero-order valence-corrected chi connectivity index (χ0v) is 16.5. The van der Waals surface area contributed by atoms with Gasteiger partial charge in [-0.2, -0.15) is 5.10 Å². The molecular weight excluding hydrogens is 352 g/mol. The van der Waals surface area contributed by atoms with Gasteiger partial charge in [0.05, 0.1) is 13.3 Å². The molecule has 1 amide bonds. The van der Waals surface area contributed by atoms with Crippen LogP contribution in [0.15, 0.2) is 65.9 Å². The summed E-state index contributed by atoms with van der Waals surface area (Å²) in [5.74, 6) is 0.572. The maximum atomic E-state index is 12.3. The van der Waals surface area contributed by atoms with Gasteiger partial charge in [-0.25, -0.2) is 5.43 Å². The molecule has 6 nitrogen and oxygen atoms in total. The van der Waals surface area contributed by atoms with Gasteiger partial charge in [-0.3, -0.25) is 4.79 Å². The molecular formula is C22H24N4O2. The average Bonchev–Trinajstić information content (AvgIpc) is 3.08. The van der Waals surface area contributed by atoms with Crippen LogP contribution in [-0.2, 0) is 0 Å². The van der Waals surface area contributed by atoms with E-state index in [1.165, 1.54) is 0 Å². The number of ether oxygens (including phenoxy) is 1. The molecule has 144 valence electrons. The Labute approximate surface area is 165 Å². The summed E-state index contributed by atoms with van der Waals surface area (Å²) in [7, 11) is 5.52. The highest BCUT2D eigenvalue weighted by molar-refractivity contribution is 5.95. The van der Waals surface area contributed by atoms with E-state index >= 15 is 0 Å². The van der Waals surface area contributed by atoms with E-state index in [9.17, 15) is 4.79 Å². The number of aryl methyl sites for hydroxylation is 1. The molecule has 0 bridgehead atoms. The smallest absolute Gasteiger partial charge is 0.271 e. The molecule has 3 aromatic rings. The highest BCUT2D eigenvalue weighted by Crippen LogP contribution is 2.18. The van der Waals surface area contributed by atoms with E-state index in [1.54, 1.807) is 19.4 Å². The normalized spacial score (nSPS) is 10.9. The van der Waals surface area contributed by atoms with Crippen LogP contribution in [-0.4, -0.2) is 37.9 Å². The molecule has 6 heteroatoms. The Morgan fingerprint density at radius 1 is 1.14 bits per heavy atom. The third-order valence-electron chi connectivity index (χ3n) is 4.39. The van der Waals surface area contributed by atoms with Crippen LogP contribution in [0.5, 0.6) is 5.75 Å². The fourth-order valence-corrected chi connectivity index (χ4v) is 2.85. The van der Waals surface area contributed by atoms with Gasteiger partial charge in [0.1, 0.15) is 5.75 Å². The van der Waals surface area contributed by atoms with E-state index in [4.69, 9.17) is 4.74 Å². The van der Waals surface area contributed by atoms with E-state index < -0.39 is 0 Å². The number of methoxy groups -OCH3 is 1. The van der Waals surface area contributed by atoms with E-state index in [2.05, 4.69) is 15.1 Å². The fraction of sp³-hybridized carbons (Fsp3) is 0.182. The highest BCUT2D eigenvalue weighted by atomic mass is 16.5. The number of carbonyl (C=O) groups excluding carboxylic acids is 1. The zero-order chi connectivity index (χ0) is 20.1. The van der Waals surface area contributed by atoms with Crippen LogP contribution < -0.4 is 15.1 Å². The summed E-state index contributed by atoms with van der Waals surface area (Å²) in [6.07, 6.45) is 3.61. The second kappa shape index (κ2) is 8.43. The minimum atomic E-state index is -0.244. The Hall–Kier alpha value is -3.54. The van der Waals surface area contributed by atoms with Gasteiger partial charge in [-0.1, -0.05) is 6.07 Å². The topological polar surface area (TPSA) is 58.9 Å². The molecule has 1 N–H and O–H groups in total. The molecule has 0 saturated carbocycles. The van der Waals surface area contributed by atoms with Crippen molar-refractivity contribution in [1.29, 1.82) is 0 Å². The summed E-state index contributed by atoms with van der Waals surface area (Å²) in [5.41, 5.74) is 7.11. The van der Waals surface area contributed by atoms with Crippen molar-refractivity contribution in [2.45, 2.75) is 6.92 Å². The first-order valence-electron chi connectivity index (χ1n) is 8.92. The molecule has 0 aliphatic heterocycles. The third-order valence-corrected chi connectivity index (χ3v) is 4.39. The van der Waals surface area contributed by atoms with Gasteiger partial charge in [0, 0.05) is 48.5 Å². The molecule has 28 heavy (non-hydrogen) atoms. The summed E-state index contributed by atoms with van der Waals surface area (Å²) < 4.78 is 7.26. The van der Waals surface area contributed by atoms with Crippen molar-refractivity contribution < 1.29 is 9.53 Å². The molecule has 3 rings (SSSR count). The molecule has 1 aromatic heterocycles. The van der Waals surface area contributed by atoms with Crippen LogP contribution in [0.4, 0.5) is 5.69 Å². The van der Waals surface area contributed by atoms with Crippen molar-refractivity contribution in [3.05, 3.63) is 77.6 Å². The number of amides is 1. The lowest BCUT2D eigenvalue weighted by molar-refractivity contribution is 0.0955. The predicted molar refractivity (Wildman–Crippen MR) is 113 cm³/mol. The molecule has 0 spiro atoms. The van der Waals surface area contributed by atoms with Crippen molar-refractivity contribution in [3.8, 4) is 11.4 Å². The number of nitrogens with one attached hydrogen (secondary N) is 1. The molecule has 1 heterocycles. The Bertz CT molecular complexity index is 988. The fourth-order valence-electron chi connectivity index (χ4n) is 2.85. The summed E-state index contributed by atoms with van der Waals surface area (Å²) in [6.45, 7) is 2.02. The number of hydrogen-bond acceptors (Lipinski definition) is 4. The van der Waals surface area contributed by atoms with Crippen LogP contribution >= 0.6 is 0 Å². The van der Waals surface area contributed by atoms with Crippen molar-refractivity contribution >= 4 is 17.8 Å². The first-order chi connectivity index (χ1) is 13.5. The lowest BCUT2D eigenvalue weighted by Crippen LogP contribution is -2.18. The average molecular weight is 376 g/mol. The number of nitrogens with zero attached hydrogens (tertiary/aromatic N) is 3. The second-order valence-electron chi connectivity index (χ2n) is 6.63. The molecule has 0 saturated heterocycles. The number of rotatable bonds is 6. The summed E-state index contributed by atoms with van der Waals surface area (Å²) in [4.78, 5) is 14.3. The first-order valence-corrected chi connectivity index (χ1v) is 8.92. The second-order valence-corrected chi connectivity index (χ2v) is 6.63. The molecule has 0 radical (unpaired) electrons. The van der Waals surface area contributed by atoms with Crippen molar-refractivity contribution in [2.24, 2.45) is 5.10 Å². The van der Waals surface area contributed by atoms with E-state index in [0.29, 0.717) is 5.56 Å². The maximum absolute atomic E-state index is 12.3. The predicted octanol–water partition coefficient (Wildman–Crippen LogP) is 3.62. The minimum absolute atomic E-state index is 0.244. The highest BCUT2D eigenvalue weighted by Gasteiger charge is 2.07. The van der Waals surface area contributed by atoms with Gasteiger partial charge in [0.25, 0.3) is 5.91 Å². The summed E-state index contributed by atoms with van der Waals surface area (Å²) >= 11 is 0. The third kappa shape index (κ3) is 4.40. The number of aromatic nitrogens is 1. The van der Waals surface area contributed by atoms with Crippen molar-refractivity contribution in [2.75, 3.05) is 26.1 Å². The van der Waals surface area contributed by atoms with Crippen LogP contribution in [0, 0.1) is 6.92 Å². The van der Waals surface area contributed by atoms with Crippen molar-refractivity contribution in [1.82, 2.24) is 9.99 Å². The molecule has 0 aliphatic carbocycles. The standard InChI is InChI=1S/C22H24N4O2/c1-16-12-17(15-26(16)19-8-10-21(28-4)11-9-19)14-23-24-22(27)18-6-5-7-20(13-18)25(2)3/h5-15H,1-4H3,(H,24,27)/b23-14-. The number of hydrogen-bond donors (Lipinski definition) is 1. The lowest BCUT2D eigenvalue weighted by atomic mass is 10.2. The van der Waals surface area contributed by atoms with Gasteiger partial charge >= 0.3 is 0 Å². The first kappa shape index (κ1) is 19.2. The van der Waals surface area contributed by atoms with Gasteiger partial charge in [0.2, 0.25) is 0 Å². The summed E-state index contributed by atoms with van der Waals surface area (Å²) in [6, 6.07) is 17.2. The molecule has 0 aliphatic rings. The van der Waals surface area contributed by atoms with E-state index in [-0.39, 0.29) is 5.91 Å². The molecule has 2 aromatic carbocycles. The Morgan fingerprint density at radius 3 is 2.57 bits per heavy atom. The monoisotopic (exact) mass is 376 g/mol. The van der Waals surface area contributed by atoms with Crippen molar-refractivity contribution in [3.63, 3.8) is 0 Å². The van der Waals surface area contributed by atoms with Gasteiger partial charge in [-0.15, -0.1) is 0 Å². The van der Waals surface area contributed by atoms with Crippen LogP contribution in [0.25, 0.3) is 5.69 Å². The lowest BCUT2D eigenvalue weighted by Gasteiger charge is -2.12. The maximum Gasteiger partial charge on any atom is 0.271 e. The number of benzene rings is 2. The SMILES string of the molecule is COc1ccc(-n2cc(/C=N\NC(=O)c3cccc(N(C)C)c3)cc2C)cc1. The number of hydrazone groups is 1. The van der Waals surface area contributed by atoms with Gasteiger partial charge < -0.3 is 14.2 Å². The van der Waals surface area contributed by atoms with Gasteiger partial charge in [0.15, 0.2) is 0 Å². The van der Waals surface area contributed by atoms with Crippen LogP contribution in [0.1, 0.15) is 21.6 Å². The Morgan fingerprint density at radius 2 is 1.89 bits per heavy atom. The number of carbonyl (C=O) groups is 1. The summed E-state index contributed by atoms with van der Waals surface area (Å²) in [5, 5.41) is 4.10. The number of anilines is 1. The molecule has 0 unspecified atom stereocenters. The Kier molecular flexibility index (Phi) is 5.79.